The van der Waals surface area contributed by atoms with Gasteiger partial charge in [-0.3, -0.25) is 4.79 Å². The van der Waals surface area contributed by atoms with Gasteiger partial charge in [-0.2, -0.15) is 0 Å². The van der Waals surface area contributed by atoms with Gasteiger partial charge in [0.25, 0.3) is 0 Å². The maximum absolute atomic E-state index is 11.8. The van der Waals surface area contributed by atoms with Crippen molar-refractivity contribution in [2.24, 2.45) is 5.41 Å². The molecule has 0 bridgehead atoms. The van der Waals surface area contributed by atoms with Crippen LogP contribution in [0.5, 0.6) is 0 Å². The Hall–Kier alpha value is -0.570. The van der Waals surface area contributed by atoms with Crippen LogP contribution in [0.4, 0.5) is 0 Å². The minimum absolute atomic E-state index is 0.220. The molecule has 17 heavy (non-hydrogen) atoms. The Kier molecular flexibility index (Phi) is 4.08. The molecule has 3 nitrogen and oxygen atoms in total. The molecule has 98 valence electrons. The van der Waals surface area contributed by atoms with E-state index in [9.17, 15) is 4.79 Å². The van der Waals surface area contributed by atoms with Gasteiger partial charge in [-0.15, -0.1) is 0 Å². The van der Waals surface area contributed by atoms with Crippen LogP contribution >= 0.6 is 0 Å². The molecule has 0 heterocycles. The van der Waals surface area contributed by atoms with E-state index in [1.165, 1.54) is 32.1 Å². The van der Waals surface area contributed by atoms with Crippen molar-refractivity contribution in [1.29, 1.82) is 0 Å². The fourth-order valence-corrected chi connectivity index (χ4v) is 2.71. The molecule has 1 amide bonds. The summed E-state index contributed by atoms with van der Waals surface area (Å²) in [6.45, 7) is 5.39. The summed E-state index contributed by atoms with van der Waals surface area (Å²) in [5, 5.41) is 6.61. The molecule has 1 unspecified atom stereocenters. The maximum Gasteiger partial charge on any atom is 0.221 e. The van der Waals surface area contributed by atoms with Crippen LogP contribution in [0.1, 0.15) is 58.8 Å². The lowest BCUT2D eigenvalue weighted by atomic mass is 9.73. The van der Waals surface area contributed by atoms with Crippen molar-refractivity contribution in [2.75, 3.05) is 6.54 Å². The fraction of sp³-hybridized carbons (Fsp3) is 0.929. The van der Waals surface area contributed by atoms with E-state index in [4.69, 9.17) is 0 Å². The first-order chi connectivity index (χ1) is 8.08. The Balaban J connectivity index is 1.68. The Morgan fingerprint density at radius 2 is 2.00 bits per heavy atom. The highest BCUT2D eigenvalue weighted by molar-refractivity contribution is 5.76. The van der Waals surface area contributed by atoms with Crippen LogP contribution in [0, 0.1) is 5.41 Å². The SMILES string of the molecule is CC1(C)CCCCC1NC(=O)CCNC1CC1. The zero-order valence-electron chi connectivity index (χ0n) is 11.2. The minimum Gasteiger partial charge on any atom is -0.353 e. The molecule has 0 aromatic heterocycles. The maximum atomic E-state index is 11.8. The molecule has 2 rings (SSSR count). The molecule has 0 aliphatic heterocycles. The third-order valence-electron chi connectivity index (χ3n) is 4.20. The lowest BCUT2D eigenvalue weighted by molar-refractivity contribution is -0.122. The smallest absolute Gasteiger partial charge is 0.221 e. The van der Waals surface area contributed by atoms with Crippen LogP contribution < -0.4 is 10.6 Å². The molecule has 1 atom stereocenters. The Bertz CT molecular complexity index is 271. The molecule has 0 saturated heterocycles. The number of carbonyl (C=O) groups excluding carboxylic acids is 1. The van der Waals surface area contributed by atoms with Crippen molar-refractivity contribution < 1.29 is 4.79 Å². The van der Waals surface area contributed by atoms with Crippen molar-refractivity contribution >= 4 is 5.91 Å². The second-order valence-corrected chi connectivity index (χ2v) is 6.33. The van der Waals surface area contributed by atoms with Crippen molar-refractivity contribution in [2.45, 2.75) is 70.9 Å². The van der Waals surface area contributed by atoms with E-state index in [2.05, 4.69) is 24.5 Å². The second kappa shape index (κ2) is 5.38. The zero-order valence-corrected chi connectivity index (χ0v) is 11.2. The Labute approximate surface area is 105 Å². The van der Waals surface area contributed by atoms with E-state index >= 15 is 0 Å². The van der Waals surface area contributed by atoms with E-state index < -0.39 is 0 Å². The summed E-state index contributed by atoms with van der Waals surface area (Å²) >= 11 is 0. The molecule has 0 spiro atoms. The summed E-state index contributed by atoms with van der Waals surface area (Å²) in [6.07, 6.45) is 8.15. The van der Waals surface area contributed by atoms with E-state index in [-0.39, 0.29) is 11.3 Å². The molecule has 0 aromatic rings. The van der Waals surface area contributed by atoms with Gasteiger partial charge < -0.3 is 10.6 Å². The number of hydrogen-bond donors (Lipinski definition) is 2. The van der Waals surface area contributed by atoms with Crippen LogP contribution in [0.15, 0.2) is 0 Å². The van der Waals surface area contributed by atoms with Gasteiger partial charge in [0.15, 0.2) is 0 Å². The van der Waals surface area contributed by atoms with Crippen molar-refractivity contribution in [1.82, 2.24) is 10.6 Å². The quantitative estimate of drug-likeness (QED) is 0.771. The van der Waals surface area contributed by atoms with Gasteiger partial charge in [0.1, 0.15) is 0 Å². The van der Waals surface area contributed by atoms with Gasteiger partial charge in [-0.05, 0) is 31.1 Å². The van der Waals surface area contributed by atoms with E-state index in [1.54, 1.807) is 0 Å². The summed E-state index contributed by atoms with van der Waals surface area (Å²) in [6, 6.07) is 1.08. The highest BCUT2D eigenvalue weighted by Gasteiger charge is 2.33. The molecular weight excluding hydrogens is 212 g/mol. The molecule has 3 heteroatoms. The van der Waals surface area contributed by atoms with Gasteiger partial charge in [-0.1, -0.05) is 26.7 Å². The summed E-state index contributed by atoms with van der Waals surface area (Å²) < 4.78 is 0. The average Bonchev–Trinajstić information content (AvgIpc) is 3.05. The van der Waals surface area contributed by atoms with Gasteiger partial charge in [0, 0.05) is 25.0 Å². The first-order valence-electron chi connectivity index (χ1n) is 7.11. The fourth-order valence-electron chi connectivity index (χ4n) is 2.71. The van der Waals surface area contributed by atoms with Crippen LogP contribution in [0.2, 0.25) is 0 Å². The van der Waals surface area contributed by atoms with Crippen LogP contribution in [-0.4, -0.2) is 24.5 Å². The van der Waals surface area contributed by atoms with Gasteiger partial charge in [0.2, 0.25) is 5.91 Å². The van der Waals surface area contributed by atoms with Gasteiger partial charge in [-0.25, -0.2) is 0 Å². The average molecular weight is 238 g/mol. The van der Waals surface area contributed by atoms with E-state index in [0.29, 0.717) is 18.5 Å². The number of hydrogen-bond acceptors (Lipinski definition) is 2. The van der Waals surface area contributed by atoms with Crippen molar-refractivity contribution in [3.8, 4) is 0 Å². The first kappa shape index (κ1) is 12.9. The van der Waals surface area contributed by atoms with Crippen molar-refractivity contribution in [3.05, 3.63) is 0 Å². The highest BCUT2D eigenvalue weighted by Crippen LogP contribution is 2.35. The van der Waals surface area contributed by atoms with Gasteiger partial charge in [0.05, 0.1) is 0 Å². The number of nitrogens with one attached hydrogen (secondary N) is 2. The Morgan fingerprint density at radius 1 is 1.24 bits per heavy atom. The molecule has 2 N–H and O–H groups in total. The Morgan fingerprint density at radius 3 is 2.65 bits per heavy atom. The molecule has 2 fully saturated rings. The second-order valence-electron chi connectivity index (χ2n) is 6.33. The number of rotatable bonds is 5. The molecule has 2 aliphatic carbocycles. The standard InChI is InChI=1S/C14H26N2O/c1-14(2)9-4-3-5-12(14)16-13(17)8-10-15-11-6-7-11/h11-12,15H,3-10H2,1-2H3,(H,16,17). The van der Waals surface area contributed by atoms with Crippen molar-refractivity contribution in [3.63, 3.8) is 0 Å². The predicted octanol–water partition coefficient (Wildman–Crippen LogP) is 2.21. The van der Waals surface area contributed by atoms with E-state index in [0.717, 1.165) is 13.0 Å². The van der Waals surface area contributed by atoms with E-state index in [1.807, 2.05) is 0 Å². The number of carbonyl (C=O) groups is 1. The monoisotopic (exact) mass is 238 g/mol. The van der Waals surface area contributed by atoms with Crippen LogP contribution in [-0.2, 0) is 4.79 Å². The van der Waals surface area contributed by atoms with Gasteiger partial charge >= 0.3 is 0 Å². The molecule has 2 aliphatic rings. The molecule has 0 aromatic carbocycles. The topological polar surface area (TPSA) is 41.1 Å². The minimum atomic E-state index is 0.220. The summed E-state index contributed by atoms with van der Waals surface area (Å²) in [7, 11) is 0. The summed E-state index contributed by atoms with van der Waals surface area (Å²) in [5.41, 5.74) is 0.276. The van der Waals surface area contributed by atoms with Crippen LogP contribution in [0.25, 0.3) is 0 Å². The number of amides is 1. The predicted molar refractivity (Wildman–Crippen MR) is 69.8 cm³/mol. The highest BCUT2D eigenvalue weighted by atomic mass is 16.1. The summed E-state index contributed by atoms with van der Waals surface area (Å²) in [4.78, 5) is 11.8. The first-order valence-corrected chi connectivity index (χ1v) is 7.11. The normalized spacial score (nSPS) is 27.8. The lowest BCUT2D eigenvalue weighted by Crippen LogP contribution is -2.47. The largest absolute Gasteiger partial charge is 0.353 e. The molecule has 2 saturated carbocycles. The third-order valence-corrected chi connectivity index (χ3v) is 4.20. The molecular formula is C14H26N2O. The third kappa shape index (κ3) is 3.98. The summed E-state index contributed by atoms with van der Waals surface area (Å²) in [5.74, 6) is 0.220. The molecule has 0 radical (unpaired) electrons. The van der Waals surface area contributed by atoms with Crippen LogP contribution in [0.3, 0.4) is 0 Å². The lowest BCUT2D eigenvalue weighted by Gasteiger charge is -2.39. The zero-order chi connectivity index (χ0) is 12.3.